The van der Waals surface area contributed by atoms with E-state index >= 15 is 0 Å². The average Bonchev–Trinajstić information content (AvgIpc) is 2.86. The zero-order valence-corrected chi connectivity index (χ0v) is 17.4. The van der Waals surface area contributed by atoms with Gasteiger partial charge in [0.05, 0.1) is 0 Å². The van der Waals surface area contributed by atoms with Crippen molar-refractivity contribution in [3.8, 4) is 23.7 Å². The maximum absolute atomic E-state index is 3.44. The molecule has 0 amide bonds. The summed E-state index contributed by atoms with van der Waals surface area (Å²) in [4.78, 5) is 0. The second-order valence-corrected chi connectivity index (χ2v) is 7.88. The summed E-state index contributed by atoms with van der Waals surface area (Å²) in [6, 6.07) is 37.7. The van der Waals surface area contributed by atoms with Gasteiger partial charge in [0, 0.05) is 22.3 Å². The molecule has 6 rings (SSSR count). The van der Waals surface area contributed by atoms with Gasteiger partial charge in [-0.1, -0.05) is 103 Å². The minimum absolute atomic E-state index is 1.01. The van der Waals surface area contributed by atoms with Gasteiger partial charge >= 0.3 is 0 Å². The van der Waals surface area contributed by atoms with Crippen molar-refractivity contribution in [2.45, 2.75) is 0 Å². The van der Waals surface area contributed by atoms with E-state index in [4.69, 9.17) is 0 Å². The van der Waals surface area contributed by atoms with E-state index in [1.165, 1.54) is 32.3 Å². The number of benzene rings is 6. The predicted octanol–water partition coefficient (Wildman–Crippen LogP) is 7.38. The summed E-state index contributed by atoms with van der Waals surface area (Å²) >= 11 is 0. The van der Waals surface area contributed by atoms with Crippen LogP contribution in [0.2, 0.25) is 0 Å². The van der Waals surface area contributed by atoms with E-state index in [1.54, 1.807) is 0 Å². The van der Waals surface area contributed by atoms with Crippen LogP contribution >= 0.6 is 0 Å². The molecule has 0 unspecified atom stereocenters. The van der Waals surface area contributed by atoms with E-state index in [-0.39, 0.29) is 0 Å². The molecule has 0 aliphatic carbocycles. The summed E-state index contributed by atoms with van der Waals surface area (Å²) in [6.07, 6.45) is 0. The molecule has 6 aromatic rings. The van der Waals surface area contributed by atoms with Gasteiger partial charge in [-0.25, -0.2) is 0 Å². The third-order valence-electron chi connectivity index (χ3n) is 5.88. The number of rotatable bonds is 0. The highest BCUT2D eigenvalue weighted by molar-refractivity contribution is 6.25. The molecular weight excluding hydrogens is 384 g/mol. The van der Waals surface area contributed by atoms with E-state index in [0.29, 0.717) is 0 Å². The fraction of sp³-hybridized carbons (Fsp3) is 0. The Labute approximate surface area is 187 Å². The van der Waals surface area contributed by atoms with E-state index < -0.39 is 0 Å². The second kappa shape index (κ2) is 7.63. The van der Waals surface area contributed by atoms with Crippen LogP contribution < -0.4 is 0 Å². The Balaban J connectivity index is 1.66. The van der Waals surface area contributed by atoms with E-state index in [9.17, 15) is 0 Å². The van der Waals surface area contributed by atoms with Crippen LogP contribution in [0, 0.1) is 23.7 Å². The van der Waals surface area contributed by atoms with Crippen molar-refractivity contribution < 1.29 is 0 Å². The minimum atomic E-state index is 1.01. The number of hydrogen-bond acceptors (Lipinski definition) is 0. The van der Waals surface area contributed by atoms with Gasteiger partial charge in [-0.15, -0.1) is 0 Å². The highest BCUT2D eigenvalue weighted by Crippen LogP contribution is 2.37. The Bertz CT molecular complexity index is 1580. The van der Waals surface area contributed by atoms with Crippen LogP contribution in [-0.2, 0) is 0 Å². The van der Waals surface area contributed by atoms with Crippen molar-refractivity contribution >= 4 is 32.3 Å². The first-order valence-electron chi connectivity index (χ1n) is 10.7. The second-order valence-electron chi connectivity index (χ2n) is 7.88. The quantitative estimate of drug-likeness (QED) is 0.184. The molecule has 0 aliphatic rings. The molecule has 146 valence electrons. The number of hydrogen-bond donors (Lipinski definition) is 0. The largest absolute Gasteiger partial charge is 0.0622 e. The van der Waals surface area contributed by atoms with Crippen LogP contribution in [0.25, 0.3) is 32.3 Å². The summed E-state index contributed by atoms with van der Waals surface area (Å²) in [7, 11) is 0. The van der Waals surface area contributed by atoms with Crippen LogP contribution in [0.1, 0.15) is 22.3 Å². The highest BCUT2D eigenvalue weighted by Gasteiger charge is 2.13. The van der Waals surface area contributed by atoms with Gasteiger partial charge in [-0.2, -0.15) is 0 Å². The minimum Gasteiger partial charge on any atom is -0.0622 e. The smallest absolute Gasteiger partial charge is 0.0340 e. The first-order chi connectivity index (χ1) is 15.9. The summed E-state index contributed by atoms with van der Waals surface area (Å²) in [6.45, 7) is 0. The molecule has 0 heteroatoms. The molecule has 0 aromatic heterocycles. The predicted molar refractivity (Wildman–Crippen MR) is 135 cm³/mol. The zero-order chi connectivity index (χ0) is 21.3. The van der Waals surface area contributed by atoms with Crippen molar-refractivity contribution in [3.63, 3.8) is 0 Å². The lowest BCUT2D eigenvalue weighted by atomic mass is 9.89. The maximum atomic E-state index is 3.44. The standard InChI is InChI=1S/C32H18/c1-3-8-23(9-4-1)14-16-27-22-28(17-15-24-10-5-2-6-11-24)30-21-19-26-13-7-12-25-18-20-29(27)32(30)31(25)26/h1-13,18-22H. The fourth-order valence-corrected chi connectivity index (χ4v) is 4.36. The van der Waals surface area contributed by atoms with Crippen LogP contribution in [0.4, 0.5) is 0 Å². The third-order valence-corrected chi connectivity index (χ3v) is 5.88. The average molecular weight is 402 g/mol. The van der Waals surface area contributed by atoms with Crippen LogP contribution in [-0.4, -0.2) is 0 Å². The summed E-state index contributed by atoms with van der Waals surface area (Å²) in [5, 5.41) is 7.38. The Hall–Kier alpha value is -4.52. The summed E-state index contributed by atoms with van der Waals surface area (Å²) in [5.41, 5.74) is 4.04. The lowest BCUT2D eigenvalue weighted by Crippen LogP contribution is -1.91. The normalized spacial score (nSPS) is 10.6. The SMILES string of the molecule is C(#Cc1cc(C#Cc2ccccc2)c2ccc3cccc4ccc1c2c43)c1ccccc1. The fourth-order valence-electron chi connectivity index (χ4n) is 4.36. The molecule has 0 spiro atoms. The van der Waals surface area contributed by atoms with Crippen molar-refractivity contribution in [3.05, 3.63) is 131 Å². The van der Waals surface area contributed by atoms with E-state index in [2.05, 4.69) is 72.2 Å². The first kappa shape index (κ1) is 18.3. The maximum Gasteiger partial charge on any atom is 0.0340 e. The van der Waals surface area contributed by atoms with Crippen LogP contribution in [0.15, 0.2) is 109 Å². The van der Waals surface area contributed by atoms with Gasteiger partial charge in [0.1, 0.15) is 0 Å². The molecule has 0 aliphatic heterocycles. The van der Waals surface area contributed by atoms with E-state index in [1.807, 2.05) is 60.7 Å². The molecule has 6 aromatic carbocycles. The monoisotopic (exact) mass is 402 g/mol. The Kier molecular flexibility index (Phi) is 4.35. The van der Waals surface area contributed by atoms with Crippen molar-refractivity contribution in [1.82, 2.24) is 0 Å². The van der Waals surface area contributed by atoms with Crippen molar-refractivity contribution in [2.24, 2.45) is 0 Å². The van der Waals surface area contributed by atoms with E-state index in [0.717, 1.165) is 22.3 Å². The molecule has 0 bridgehead atoms. The lowest BCUT2D eigenvalue weighted by molar-refractivity contribution is 1.63. The first-order valence-corrected chi connectivity index (χ1v) is 10.7. The molecular formula is C32H18. The Morgan fingerprint density at radius 3 is 1.38 bits per heavy atom. The van der Waals surface area contributed by atoms with Crippen LogP contribution in [0.3, 0.4) is 0 Å². The van der Waals surface area contributed by atoms with Gasteiger partial charge in [0.25, 0.3) is 0 Å². The molecule has 0 nitrogen and oxygen atoms in total. The summed E-state index contributed by atoms with van der Waals surface area (Å²) in [5.74, 6) is 13.5. The Morgan fingerprint density at radius 1 is 0.375 bits per heavy atom. The van der Waals surface area contributed by atoms with Crippen LogP contribution in [0.5, 0.6) is 0 Å². The van der Waals surface area contributed by atoms with Crippen molar-refractivity contribution in [1.29, 1.82) is 0 Å². The molecule has 0 heterocycles. The zero-order valence-electron chi connectivity index (χ0n) is 17.4. The molecule has 32 heavy (non-hydrogen) atoms. The molecule has 0 fully saturated rings. The molecule has 0 N–H and O–H groups in total. The van der Waals surface area contributed by atoms with Gasteiger partial charge < -0.3 is 0 Å². The van der Waals surface area contributed by atoms with Gasteiger partial charge in [-0.3, -0.25) is 0 Å². The van der Waals surface area contributed by atoms with Gasteiger partial charge in [0.2, 0.25) is 0 Å². The lowest BCUT2D eigenvalue weighted by Gasteiger charge is -2.13. The molecule has 0 atom stereocenters. The molecule has 0 radical (unpaired) electrons. The van der Waals surface area contributed by atoms with Crippen molar-refractivity contribution in [2.75, 3.05) is 0 Å². The highest BCUT2D eigenvalue weighted by atomic mass is 14.1. The third kappa shape index (κ3) is 3.16. The van der Waals surface area contributed by atoms with Gasteiger partial charge in [-0.05, 0) is 62.6 Å². The topological polar surface area (TPSA) is 0 Å². The molecule has 0 saturated heterocycles. The molecule has 0 saturated carbocycles. The summed E-state index contributed by atoms with van der Waals surface area (Å²) < 4.78 is 0. The van der Waals surface area contributed by atoms with Gasteiger partial charge in [0.15, 0.2) is 0 Å². The Morgan fingerprint density at radius 2 is 0.875 bits per heavy atom.